The van der Waals surface area contributed by atoms with Gasteiger partial charge in [0.1, 0.15) is 0 Å². The van der Waals surface area contributed by atoms with Crippen molar-refractivity contribution < 1.29 is 0 Å². The summed E-state index contributed by atoms with van der Waals surface area (Å²) >= 11 is 0. The van der Waals surface area contributed by atoms with E-state index in [2.05, 4.69) is 109 Å². The second-order valence-electron chi connectivity index (χ2n) is 12.1. The van der Waals surface area contributed by atoms with Crippen molar-refractivity contribution in [3.63, 3.8) is 0 Å². The molecule has 0 fully saturated rings. The Labute approximate surface area is 283 Å². The lowest BCUT2D eigenvalue weighted by Crippen LogP contribution is -2.00. The molecule has 9 aromatic rings. The first-order chi connectivity index (χ1) is 24.2. The van der Waals surface area contributed by atoms with Gasteiger partial charge in [0.2, 0.25) is 0 Å². The Bertz CT molecular complexity index is 2550. The van der Waals surface area contributed by atoms with Crippen LogP contribution in [0.4, 0.5) is 0 Å². The monoisotopic (exact) mass is 627 g/mol. The van der Waals surface area contributed by atoms with E-state index in [1.165, 1.54) is 10.8 Å². The third-order valence-corrected chi connectivity index (χ3v) is 8.88. The van der Waals surface area contributed by atoms with Gasteiger partial charge in [0.15, 0.2) is 17.5 Å². The van der Waals surface area contributed by atoms with Crippen LogP contribution in [0.15, 0.2) is 176 Å². The summed E-state index contributed by atoms with van der Waals surface area (Å²) < 4.78 is 2.03. The van der Waals surface area contributed by atoms with Crippen LogP contribution in [-0.4, -0.2) is 24.7 Å². The highest BCUT2D eigenvalue weighted by molar-refractivity contribution is 5.97. The van der Waals surface area contributed by atoms with Gasteiger partial charge in [0, 0.05) is 22.1 Å². The van der Waals surface area contributed by atoms with E-state index in [1.807, 2.05) is 71.5 Å². The minimum atomic E-state index is 0.637. The smallest absolute Gasteiger partial charge is 0.164 e. The minimum Gasteiger partial charge on any atom is -0.233 e. The molecule has 49 heavy (non-hydrogen) atoms. The summed E-state index contributed by atoms with van der Waals surface area (Å²) in [6, 6.07) is 58.7. The number of fused-ring (bicyclic) bond motifs is 2. The average molecular weight is 628 g/mol. The van der Waals surface area contributed by atoms with E-state index in [0.29, 0.717) is 17.5 Å². The zero-order chi connectivity index (χ0) is 32.6. The minimum absolute atomic E-state index is 0.637. The van der Waals surface area contributed by atoms with E-state index in [-0.39, 0.29) is 0 Å². The maximum Gasteiger partial charge on any atom is 0.164 e. The predicted octanol–water partition coefficient (Wildman–Crippen LogP) is 10.7. The van der Waals surface area contributed by atoms with Gasteiger partial charge in [0.25, 0.3) is 0 Å². The van der Waals surface area contributed by atoms with Crippen LogP contribution in [0, 0.1) is 0 Å². The van der Waals surface area contributed by atoms with Crippen molar-refractivity contribution >= 4 is 21.7 Å². The lowest BCUT2D eigenvalue weighted by molar-refractivity contribution is 0.911. The third kappa shape index (κ3) is 5.53. The molecule has 0 N–H and O–H groups in total. The Balaban J connectivity index is 1.08. The van der Waals surface area contributed by atoms with Gasteiger partial charge in [-0.2, -0.15) is 5.10 Å². The largest absolute Gasteiger partial charge is 0.233 e. The van der Waals surface area contributed by atoms with Crippen molar-refractivity contribution in [2.75, 3.05) is 0 Å². The normalized spacial score (nSPS) is 11.3. The number of nitrogens with zero attached hydrogens (tertiary/aromatic N) is 5. The van der Waals surface area contributed by atoms with Crippen LogP contribution in [-0.2, 0) is 0 Å². The fraction of sp³-hybridized carbons (Fsp3) is 0. The topological polar surface area (TPSA) is 56.5 Å². The summed E-state index contributed by atoms with van der Waals surface area (Å²) in [4.78, 5) is 14.7. The van der Waals surface area contributed by atoms with Crippen molar-refractivity contribution in [2.45, 2.75) is 0 Å². The van der Waals surface area contributed by atoms with Crippen molar-refractivity contribution in [1.29, 1.82) is 0 Å². The zero-order valence-electron chi connectivity index (χ0n) is 26.5. The first-order valence-corrected chi connectivity index (χ1v) is 16.3. The summed E-state index contributed by atoms with van der Waals surface area (Å²) in [7, 11) is 0. The quantitative estimate of drug-likeness (QED) is 0.184. The molecular formula is C44H29N5. The Hall–Kier alpha value is -6.72. The second-order valence-corrected chi connectivity index (χ2v) is 12.1. The summed E-state index contributed by atoms with van der Waals surface area (Å²) in [6.07, 6.45) is 1.94. The maximum absolute atomic E-state index is 4.94. The average Bonchev–Trinajstić information content (AvgIpc) is 3.60. The van der Waals surface area contributed by atoms with Crippen LogP contribution in [0.1, 0.15) is 0 Å². The van der Waals surface area contributed by atoms with Crippen LogP contribution >= 0.6 is 0 Å². The number of benzene rings is 7. The van der Waals surface area contributed by atoms with Crippen molar-refractivity contribution in [3.05, 3.63) is 176 Å². The molecule has 5 heteroatoms. The van der Waals surface area contributed by atoms with Crippen LogP contribution in [0.25, 0.3) is 83.8 Å². The molecule has 0 saturated carbocycles. The molecular weight excluding hydrogens is 599 g/mol. The molecule has 5 nitrogen and oxygen atoms in total. The highest BCUT2D eigenvalue weighted by Crippen LogP contribution is 2.32. The van der Waals surface area contributed by atoms with Crippen molar-refractivity contribution in [1.82, 2.24) is 24.7 Å². The van der Waals surface area contributed by atoms with Gasteiger partial charge < -0.3 is 0 Å². The van der Waals surface area contributed by atoms with Gasteiger partial charge in [-0.3, -0.25) is 0 Å². The van der Waals surface area contributed by atoms with Gasteiger partial charge in [-0.25, -0.2) is 19.6 Å². The summed E-state index contributed by atoms with van der Waals surface area (Å²) in [5.41, 5.74) is 9.39. The highest BCUT2D eigenvalue weighted by atomic mass is 15.3. The third-order valence-electron chi connectivity index (χ3n) is 8.88. The molecule has 0 radical (unpaired) electrons. The predicted molar refractivity (Wildman–Crippen MR) is 199 cm³/mol. The highest BCUT2D eigenvalue weighted by Gasteiger charge is 2.14. The number of hydrogen-bond donors (Lipinski definition) is 0. The molecule has 230 valence electrons. The fourth-order valence-corrected chi connectivity index (χ4v) is 6.39. The molecule has 0 unspecified atom stereocenters. The Morgan fingerprint density at radius 2 is 0.776 bits per heavy atom. The van der Waals surface area contributed by atoms with E-state index in [9.17, 15) is 0 Å². The molecule has 0 aliphatic carbocycles. The van der Waals surface area contributed by atoms with Gasteiger partial charge in [-0.1, -0.05) is 133 Å². The van der Waals surface area contributed by atoms with E-state index < -0.39 is 0 Å². The molecule has 0 amide bonds. The van der Waals surface area contributed by atoms with Gasteiger partial charge in [0.05, 0.1) is 17.4 Å². The SMILES string of the molecule is c1ccc(-c2nc(-c3ccccc3)nc(-c3cccc(-c4cccc(-c5cccc(-n6ncc7cc8ccccc8cc76)c5)c4)c3)n2)cc1. The van der Waals surface area contributed by atoms with Gasteiger partial charge >= 0.3 is 0 Å². The van der Waals surface area contributed by atoms with E-state index in [0.717, 1.165) is 55.5 Å². The first-order valence-electron chi connectivity index (χ1n) is 16.3. The molecule has 2 heterocycles. The Kier molecular flexibility index (Phi) is 7.06. The standard InChI is InChI=1S/C44H29N5/c1-3-12-30(13-4-1)42-46-43(31-14-5-2-6-15-31)48-44(47-42)38-22-10-20-35(25-38)33-18-9-19-34(24-33)36-21-11-23-40(27-36)49-41-28-37-17-8-7-16-32(37)26-39(41)29-45-49/h1-29H. The van der Waals surface area contributed by atoms with Crippen molar-refractivity contribution in [2.24, 2.45) is 0 Å². The molecule has 2 aromatic heterocycles. The summed E-state index contributed by atoms with van der Waals surface area (Å²) in [6.45, 7) is 0. The van der Waals surface area contributed by atoms with Crippen LogP contribution < -0.4 is 0 Å². The molecule has 0 bridgehead atoms. The number of hydrogen-bond acceptors (Lipinski definition) is 4. The van der Waals surface area contributed by atoms with E-state index in [1.54, 1.807) is 0 Å². The molecule has 0 atom stereocenters. The maximum atomic E-state index is 4.94. The molecule has 7 aromatic carbocycles. The van der Waals surface area contributed by atoms with Gasteiger partial charge in [-0.05, 0) is 69.4 Å². The molecule has 0 aliphatic rings. The number of rotatable bonds is 6. The van der Waals surface area contributed by atoms with Crippen LogP contribution in [0.2, 0.25) is 0 Å². The molecule has 0 saturated heterocycles. The molecule has 0 spiro atoms. The lowest BCUT2D eigenvalue weighted by Gasteiger charge is -2.11. The molecule has 9 rings (SSSR count). The lowest BCUT2D eigenvalue weighted by atomic mass is 9.97. The zero-order valence-corrected chi connectivity index (χ0v) is 26.5. The van der Waals surface area contributed by atoms with Crippen molar-refractivity contribution in [3.8, 4) is 62.1 Å². The van der Waals surface area contributed by atoms with Crippen LogP contribution in [0.5, 0.6) is 0 Å². The van der Waals surface area contributed by atoms with E-state index in [4.69, 9.17) is 20.1 Å². The van der Waals surface area contributed by atoms with E-state index >= 15 is 0 Å². The summed E-state index contributed by atoms with van der Waals surface area (Å²) in [5.74, 6) is 1.93. The Morgan fingerprint density at radius 3 is 1.39 bits per heavy atom. The van der Waals surface area contributed by atoms with Crippen LogP contribution in [0.3, 0.4) is 0 Å². The molecule has 0 aliphatic heterocycles. The van der Waals surface area contributed by atoms with Gasteiger partial charge in [-0.15, -0.1) is 0 Å². The Morgan fingerprint density at radius 1 is 0.327 bits per heavy atom. The number of aromatic nitrogens is 5. The first kappa shape index (κ1) is 28.5. The summed E-state index contributed by atoms with van der Waals surface area (Å²) in [5, 5.41) is 8.32. The fourth-order valence-electron chi connectivity index (χ4n) is 6.39. The second kappa shape index (κ2) is 12.1.